The Morgan fingerprint density at radius 3 is 2.82 bits per heavy atom. The second-order valence-corrected chi connectivity index (χ2v) is 5.48. The average Bonchev–Trinajstić information content (AvgIpc) is 2.91. The van der Waals surface area contributed by atoms with E-state index in [1.165, 1.54) is 0 Å². The second kappa shape index (κ2) is 7.35. The molecule has 2 heterocycles. The van der Waals surface area contributed by atoms with Crippen LogP contribution >= 0.6 is 15.9 Å². The van der Waals surface area contributed by atoms with E-state index in [1.54, 1.807) is 19.9 Å². The van der Waals surface area contributed by atoms with Crippen molar-refractivity contribution in [3.8, 4) is 0 Å². The molecule has 8 heteroatoms. The highest BCUT2D eigenvalue weighted by Crippen LogP contribution is 2.20. The smallest absolute Gasteiger partial charge is 0.358 e. The molecule has 0 saturated heterocycles. The van der Waals surface area contributed by atoms with Crippen LogP contribution in [0.1, 0.15) is 29.1 Å². The largest absolute Gasteiger partial charge is 0.461 e. The van der Waals surface area contributed by atoms with Gasteiger partial charge in [0.2, 0.25) is 5.89 Å². The SMILES string of the molecule is CCOC(=O)c1nc(N(C)CCc2noc(C)n2)ccc1Br. The van der Waals surface area contributed by atoms with Gasteiger partial charge in [0.05, 0.1) is 11.1 Å². The topological polar surface area (TPSA) is 81.4 Å². The van der Waals surface area contributed by atoms with Gasteiger partial charge in [-0.25, -0.2) is 9.78 Å². The van der Waals surface area contributed by atoms with E-state index < -0.39 is 5.97 Å². The Hall–Kier alpha value is -1.96. The zero-order valence-electron chi connectivity index (χ0n) is 12.7. The van der Waals surface area contributed by atoms with Gasteiger partial charge in [-0.2, -0.15) is 4.98 Å². The fourth-order valence-electron chi connectivity index (χ4n) is 1.81. The molecule has 0 aliphatic heterocycles. The van der Waals surface area contributed by atoms with Crippen LogP contribution in [-0.2, 0) is 11.2 Å². The van der Waals surface area contributed by atoms with Crippen molar-refractivity contribution in [2.45, 2.75) is 20.3 Å². The van der Waals surface area contributed by atoms with Crippen LogP contribution in [0.5, 0.6) is 0 Å². The first-order valence-corrected chi connectivity index (χ1v) is 7.64. The number of nitrogens with zero attached hydrogens (tertiary/aromatic N) is 4. The number of likely N-dealkylation sites (N-methyl/N-ethyl adjacent to an activating group) is 1. The van der Waals surface area contributed by atoms with Crippen molar-refractivity contribution >= 4 is 27.7 Å². The first-order chi connectivity index (χ1) is 10.5. The number of aryl methyl sites for hydroxylation is 1. The van der Waals surface area contributed by atoms with Gasteiger partial charge < -0.3 is 14.2 Å². The van der Waals surface area contributed by atoms with Crippen molar-refractivity contribution in [2.24, 2.45) is 0 Å². The molecule has 0 unspecified atom stereocenters. The van der Waals surface area contributed by atoms with E-state index in [9.17, 15) is 4.79 Å². The molecular weight excluding hydrogens is 352 g/mol. The fourth-order valence-corrected chi connectivity index (χ4v) is 2.19. The number of aromatic nitrogens is 3. The van der Waals surface area contributed by atoms with Crippen LogP contribution in [0.2, 0.25) is 0 Å². The molecule has 2 rings (SSSR count). The number of carbonyl (C=O) groups is 1. The van der Waals surface area contributed by atoms with Gasteiger partial charge in [-0.05, 0) is 35.0 Å². The molecular formula is C14H17BrN4O3. The summed E-state index contributed by atoms with van der Waals surface area (Å²) >= 11 is 3.31. The number of carbonyl (C=O) groups excluding carboxylic acids is 1. The van der Waals surface area contributed by atoms with Gasteiger partial charge in [0, 0.05) is 26.9 Å². The lowest BCUT2D eigenvalue weighted by molar-refractivity contribution is 0.0518. The summed E-state index contributed by atoms with van der Waals surface area (Å²) in [6.07, 6.45) is 0.625. The van der Waals surface area contributed by atoms with Crippen molar-refractivity contribution in [3.63, 3.8) is 0 Å². The van der Waals surface area contributed by atoms with E-state index in [0.717, 1.165) is 0 Å². The van der Waals surface area contributed by atoms with Gasteiger partial charge in [-0.1, -0.05) is 5.16 Å². The average molecular weight is 369 g/mol. The monoisotopic (exact) mass is 368 g/mol. The summed E-state index contributed by atoms with van der Waals surface area (Å²) in [7, 11) is 1.89. The molecule has 0 aromatic carbocycles. The molecule has 0 N–H and O–H groups in total. The van der Waals surface area contributed by atoms with Crippen molar-refractivity contribution < 1.29 is 14.1 Å². The van der Waals surface area contributed by atoms with Gasteiger partial charge in [0.15, 0.2) is 11.5 Å². The van der Waals surface area contributed by atoms with Crippen molar-refractivity contribution in [2.75, 3.05) is 25.1 Å². The fraction of sp³-hybridized carbons (Fsp3) is 0.429. The van der Waals surface area contributed by atoms with E-state index in [2.05, 4.69) is 31.1 Å². The molecule has 118 valence electrons. The van der Waals surface area contributed by atoms with E-state index in [1.807, 2.05) is 18.0 Å². The van der Waals surface area contributed by atoms with Crippen molar-refractivity contribution in [1.29, 1.82) is 0 Å². The number of hydrogen-bond donors (Lipinski definition) is 0. The zero-order chi connectivity index (χ0) is 16.1. The summed E-state index contributed by atoms with van der Waals surface area (Å²) in [5.41, 5.74) is 0.265. The van der Waals surface area contributed by atoms with E-state index in [0.29, 0.717) is 41.6 Å². The molecule has 2 aromatic heterocycles. The first-order valence-electron chi connectivity index (χ1n) is 6.85. The summed E-state index contributed by atoms with van der Waals surface area (Å²) in [6, 6.07) is 3.61. The molecule has 2 aromatic rings. The minimum atomic E-state index is -0.446. The van der Waals surface area contributed by atoms with E-state index in [4.69, 9.17) is 9.26 Å². The van der Waals surface area contributed by atoms with Crippen molar-refractivity contribution in [1.82, 2.24) is 15.1 Å². The van der Waals surface area contributed by atoms with Crippen LogP contribution in [0.4, 0.5) is 5.82 Å². The van der Waals surface area contributed by atoms with Crippen LogP contribution in [0.3, 0.4) is 0 Å². The Morgan fingerprint density at radius 2 is 2.18 bits per heavy atom. The molecule has 0 amide bonds. The van der Waals surface area contributed by atoms with Gasteiger partial charge >= 0.3 is 5.97 Å². The second-order valence-electron chi connectivity index (χ2n) is 4.62. The standard InChI is InChI=1S/C14H17BrN4O3/c1-4-21-14(20)13-10(15)5-6-12(17-13)19(3)8-7-11-16-9(2)22-18-11/h5-6H,4,7-8H2,1-3H3. The normalized spacial score (nSPS) is 10.5. The lowest BCUT2D eigenvalue weighted by atomic mass is 10.3. The van der Waals surface area contributed by atoms with Gasteiger partial charge in [0.1, 0.15) is 5.82 Å². The Balaban J connectivity index is 2.07. The highest BCUT2D eigenvalue weighted by molar-refractivity contribution is 9.10. The summed E-state index contributed by atoms with van der Waals surface area (Å²) in [4.78, 5) is 22.3. The number of hydrogen-bond acceptors (Lipinski definition) is 7. The van der Waals surface area contributed by atoms with Crippen molar-refractivity contribution in [3.05, 3.63) is 34.0 Å². The van der Waals surface area contributed by atoms with Crippen LogP contribution in [0, 0.1) is 6.92 Å². The lowest BCUT2D eigenvalue weighted by Gasteiger charge is -2.18. The number of pyridine rings is 1. The highest BCUT2D eigenvalue weighted by atomic mass is 79.9. The maximum Gasteiger partial charge on any atom is 0.358 e. The number of ether oxygens (including phenoxy) is 1. The summed E-state index contributed by atoms with van der Waals surface area (Å²) < 4.78 is 10.5. The third-order valence-corrected chi connectivity index (χ3v) is 3.57. The maximum atomic E-state index is 11.9. The zero-order valence-corrected chi connectivity index (χ0v) is 14.3. The minimum absolute atomic E-state index is 0.265. The number of halogens is 1. The van der Waals surface area contributed by atoms with E-state index >= 15 is 0 Å². The Bertz CT molecular complexity index is 659. The summed E-state index contributed by atoms with van der Waals surface area (Å²) in [5.74, 6) is 1.42. The van der Waals surface area contributed by atoms with Gasteiger partial charge in [-0.15, -0.1) is 0 Å². The van der Waals surface area contributed by atoms with Crippen LogP contribution < -0.4 is 4.90 Å². The third kappa shape index (κ3) is 4.03. The minimum Gasteiger partial charge on any atom is -0.461 e. The molecule has 7 nitrogen and oxygen atoms in total. The lowest BCUT2D eigenvalue weighted by Crippen LogP contribution is -2.23. The maximum absolute atomic E-state index is 11.9. The van der Waals surface area contributed by atoms with Crippen LogP contribution in [0.15, 0.2) is 21.1 Å². The number of anilines is 1. The molecule has 0 aliphatic rings. The number of esters is 1. The molecule has 0 aliphatic carbocycles. The Morgan fingerprint density at radius 1 is 1.41 bits per heavy atom. The summed E-state index contributed by atoms with van der Waals surface area (Å²) in [5, 5.41) is 3.85. The predicted octanol–water partition coefficient (Wildman–Crippen LogP) is 2.39. The molecule has 0 fully saturated rings. The predicted molar refractivity (Wildman–Crippen MR) is 83.9 cm³/mol. The van der Waals surface area contributed by atoms with Crippen LogP contribution in [-0.4, -0.2) is 41.3 Å². The quantitative estimate of drug-likeness (QED) is 0.723. The molecule has 22 heavy (non-hydrogen) atoms. The Labute approximate surface area is 136 Å². The molecule has 0 saturated carbocycles. The molecule has 0 bridgehead atoms. The molecule has 0 radical (unpaired) electrons. The Kier molecular flexibility index (Phi) is 5.48. The van der Waals surface area contributed by atoms with Gasteiger partial charge in [0.25, 0.3) is 0 Å². The van der Waals surface area contributed by atoms with Gasteiger partial charge in [-0.3, -0.25) is 0 Å². The number of rotatable bonds is 6. The van der Waals surface area contributed by atoms with Crippen LogP contribution in [0.25, 0.3) is 0 Å². The third-order valence-electron chi connectivity index (χ3n) is 2.93. The van der Waals surface area contributed by atoms with E-state index in [-0.39, 0.29) is 5.69 Å². The summed E-state index contributed by atoms with van der Waals surface area (Å²) in [6.45, 7) is 4.47. The molecule has 0 atom stereocenters. The molecule has 0 spiro atoms. The highest BCUT2D eigenvalue weighted by Gasteiger charge is 2.15. The first kappa shape index (κ1) is 16.4.